The molecule has 2 aromatic carbocycles. The largest absolute Gasteiger partial charge is 0.507 e. The number of amides is 1. The van der Waals surface area contributed by atoms with E-state index in [0.29, 0.717) is 12.0 Å². The summed E-state index contributed by atoms with van der Waals surface area (Å²) in [6, 6.07) is 11.2. The quantitative estimate of drug-likeness (QED) is 0.432. The van der Waals surface area contributed by atoms with Crippen LogP contribution in [0, 0.1) is 0 Å². The van der Waals surface area contributed by atoms with Crippen molar-refractivity contribution in [3.05, 3.63) is 42.0 Å². The Bertz CT molecular complexity index is 680. The van der Waals surface area contributed by atoms with E-state index in [0.717, 1.165) is 23.6 Å². The van der Waals surface area contributed by atoms with Crippen LogP contribution in [-0.4, -0.2) is 17.2 Å². The molecule has 0 unspecified atom stereocenters. The molecule has 4 heteroatoms. The SMILES string of the molecule is CCCCCCCC(=O)N/N=C\c1c(O)ccc2ccccc12. The second-order valence-corrected chi connectivity index (χ2v) is 5.68. The highest BCUT2D eigenvalue weighted by molar-refractivity contribution is 6.02. The van der Waals surface area contributed by atoms with Crippen LogP contribution in [0.3, 0.4) is 0 Å². The van der Waals surface area contributed by atoms with E-state index in [-0.39, 0.29) is 11.7 Å². The smallest absolute Gasteiger partial charge is 0.240 e. The molecule has 2 aromatic rings. The second kappa shape index (κ2) is 8.93. The van der Waals surface area contributed by atoms with Crippen molar-refractivity contribution in [3.8, 4) is 5.75 Å². The summed E-state index contributed by atoms with van der Waals surface area (Å²) in [7, 11) is 0. The molecule has 0 spiro atoms. The van der Waals surface area contributed by atoms with E-state index in [1.54, 1.807) is 6.07 Å². The molecular formula is C19H24N2O2. The number of hydrogen-bond acceptors (Lipinski definition) is 3. The zero-order valence-electron chi connectivity index (χ0n) is 13.6. The van der Waals surface area contributed by atoms with E-state index < -0.39 is 0 Å². The normalized spacial score (nSPS) is 11.2. The van der Waals surface area contributed by atoms with Crippen molar-refractivity contribution in [3.63, 3.8) is 0 Å². The molecule has 0 aliphatic rings. The molecule has 0 saturated heterocycles. The Hall–Kier alpha value is -2.36. The summed E-state index contributed by atoms with van der Waals surface area (Å²) in [5.41, 5.74) is 3.15. The maximum Gasteiger partial charge on any atom is 0.240 e. The summed E-state index contributed by atoms with van der Waals surface area (Å²) in [4.78, 5) is 11.7. The van der Waals surface area contributed by atoms with Crippen molar-refractivity contribution in [1.29, 1.82) is 0 Å². The molecule has 0 aromatic heterocycles. The fourth-order valence-electron chi connectivity index (χ4n) is 2.53. The van der Waals surface area contributed by atoms with Gasteiger partial charge in [-0.1, -0.05) is 62.9 Å². The van der Waals surface area contributed by atoms with Gasteiger partial charge >= 0.3 is 0 Å². The minimum atomic E-state index is -0.0857. The fourth-order valence-corrected chi connectivity index (χ4v) is 2.53. The number of fused-ring (bicyclic) bond motifs is 1. The van der Waals surface area contributed by atoms with E-state index in [4.69, 9.17) is 0 Å². The van der Waals surface area contributed by atoms with Crippen LogP contribution in [-0.2, 0) is 4.79 Å². The first kappa shape index (κ1) is 17.0. The first-order valence-corrected chi connectivity index (χ1v) is 8.25. The van der Waals surface area contributed by atoms with Crippen LogP contribution in [0.25, 0.3) is 10.8 Å². The minimum absolute atomic E-state index is 0.0857. The number of phenolic OH excluding ortho intramolecular Hbond substituents is 1. The van der Waals surface area contributed by atoms with E-state index in [1.807, 2.05) is 30.3 Å². The van der Waals surface area contributed by atoms with Gasteiger partial charge in [-0.25, -0.2) is 5.43 Å². The topological polar surface area (TPSA) is 61.7 Å². The van der Waals surface area contributed by atoms with Crippen LogP contribution >= 0.6 is 0 Å². The maximum absolute atomic E-state index is 11.7. The Morgan fingerprint density at radius 3 is 2.74 bits per heavy atom. The summed E-state index contributed by atoms with van der Waals surface area (Å²) in [6.45, 7) is 2.17. The monoisotopic (exact) mass is 312 g/mol. The molecule has 0 bridgehead atoms. The molecule has 0 radical (unpaired) electrons. The molecule has 2 N–H and O–H groups in total. The van der Waals surface area contributed by atoms with Crippen LogP contribution in [0.15, 0.2) is 41.5 Å². The Kier molecular flexibility index (Phi) is 6.60. The number of benzene rings is 2. The highest BCUT2D eigenvalue weighted by Gasteiger charge is 2.04. The van der Waals surface area contributed by atoms with E-state index >= 15 is 0 Å². The van der Waals surface area contributed by atoms with Gasteiger partial charge in [0.25, 0.3) is 0 Å². The number of nitrogens with zero attached hydrogens (tertiary/aromatic N) is 1. The molecule has 0 atom stereocenters. The predicted octanol–water partition coefficient (Wildman–Crippen LogP) is 4.36. The van der Waals surface area contributed by atoms with Gasteiger partial charge in [0.15, 0.2) is 0 Å². The fraction of sp³-hybridized carbons (Fsp3) is 0.368. The van der Waals surface area contributed by atoms with Crippen molar-refractivity contribution in [2.75, 3.05) is 0 Å². The van der Waals surface area contributed by atoms with E-state index in [9.17, 15) is 9.90 Å². The first-order chi connectivity index (χ1) is 11.2. The highest BCUT2D eigenvalue weighted by atomic mass is 16.3. The second-order valence-electron chi connectivity index (χ2n) is 5.68. The zero-order valence-corrected chi connectivity index (χ0v) is 13.6. The molecule has 0 heterocycles. The van der Waals surface area contributed by atoms with Crippen LogP contribution in [0.1, 0.15) is 51.0 Å². The molecule has 2 rings (SSSR count). The van der Waals surface area contributed by atoms with Crippen molar-refractivity contribution in [1.82, 2.24) is 5.43 Å². The maximum atomic E-state index is 11.7. The van der Waals surface area contributed by atoms with Crippen molar-refractivity contribution < 1.29 is 9.90 Å². The number of aromatic hydroxyl groups is 1. The molecule has 0 aliphatic heterocycles. The van der Waals surface area contributed by atoms with Gasteiger partial charge in [0.05, 0.1) is 6.21 Å². The first-order valence-electron chi connectivity index (χ1n) is 8.25. The number of unbranched alkanes of at least 4 members (excludes halogenated alkanes) is 4. The molecule has 0 aliphatic carbocycles. The Morgan fingerprint density at radius 1 is 1.13 bits per heavy atom. The predicted molar refractivity (Wildman–Crippen MR) is 94.7 cm³/mol. The molecule has 4 nitrogen and oxygen atoms in total. The van der Waals surface area contributed by atoms with Gasteiger partial charge in [-0.05, 0) is 23.3 Å². The van der Waals surface area contributed by atoms with E-state index in [2.05, 4.69) is 17.5 Å². The summed E-state index contributed by atoms with van der Waals surface area (Å²) in [5.74, 6) is 0.0683. The van der Waals surface area contributed by atoms with Gasteiger partial charge < -0.3 is 5.11 Å². The van der Waals surface area contributed by atoms with Gasteiger partial charge in [-0.15, -0.1) is 0 Å². The Labute approximate surface area is 137 Å². The van der Waals surface area contributed by atoms with Gasteiger partial charge in [-0.2, -0.15) is 5.10 Å². The third-order valence-electron chi connectivity index (χ3n) is 3.84. The van der Waals surface area contributed by atoms with Crippen molar-refractivity contribution >= 4 is 22.9 Å². The van der Waals surface area contributed by atoms with E-state index in [1.165, 1.54) is 25.5 Å². The minimum Gasteiger partial charge on any atom is -0.507 e. The Morgan fingerprint density at radius 2 is 1.91 bits per heavy atom. The standard InChI is InChI=1S/C19H24N2O2/c1-2-3-4-5-6-11-19(23)21-20-14-17-16-10-8-7-9-15(16)12-13-18(17)22/h7-10,12-14,22H,2-6,11H2,1H3,(H,21,23)/b20-14-. The van der Waals surface area contributed by atoms with Crippen LogP contribution in [0.4, 0.5) is 0 Å². The molecular weight excluding hydrogens is 288 g/mol. The number of nitrogens with one attached hydrogen (secondary N) is 1. The lowest BCUT2D eigenvalue weighted by molar-refractivity contribution is -0.121. The highest BCUT2D eigenvalue weighted by Crippen LogP contribution is 2.25. The summed E-state index contributed by atoms with van der Waals surface area (Å²) >= 11 is 0. The zero-order chi connectivity index (χ0) is 16.5. The van der Waals surface area contributed by atoms with Crippen molar-refractivity contribution in [2.24, 2.45) is 5.10 Å². The van der Waals surface area contributed by atoms with Gasteiger partial charge in [0.1, 0.15) is 5.75 Å². The average Bonchev–Trinajstić information content (AvgIpc) is 2.56. The van der Waals surface area contributed by atoms with Gasteiger partial charge in [-0.3, -0.25) is 4.79 Å². The molecule has 1 amide bonds. The van der Waals surface area contributed by atoms with Crippen LogP contribution < -0.4 is 5.43 Å². The number of phenols is 1. The third kappa shape index (κ3) is 5.09. The number of carbonyl (C=O) groups is 1. The summed E-state index contributed by atoms with van der Waals surface area (Å²) in [6.07, 6.45) is 7.56. The summed E-state index contributed by atoms with van der Waals surface area (Å²) in [5, 5.41) is 15.9. The summed E-state index contributed by atoms with van der Waals surface area (Å²) < 4.78 is 0. The molecule has 0 fully saturated rings. The number of hydrogen-bond donors (Lipinski definition) is 2. The lowest BCUT2D eigenvalue weighted by atomic mass is 10.0. The average molecular weight is 312 g/mol. The van der Waals surface area contributed by atoms with Gasteiger partial charge in [0.2, 0.25) is 5.91 Å². The Balaban J connectivity index is 1.91. The lowest BCUT2D eigenvalue weighted by Crippen LogP contribution is -2.16. The lowest BCUT2D eigenvalue weighted by Gasteiger charge is -2.05. The van der Waals surface area contributed by atoms with Crippen molar-refractivity contribution in [2.45, 2.75) is 45.4 Å². The van der Waals surface area contributed by atoms with Gasteiger partial charge in [0, 0.05) is 12.0 Å². The third-order valence-corrected chi connectivity index (χ3v) is 3.84. The number of hydrazone groups is 1. The van der Waals surface area contributed by atoms with Crippen LogP contribution in [0.5, 0.6) is 5.75 Å². The number of rotatable bonds is 8. The molecule has 0 saturated carbocycles. The molecule has 23 heavy (non-hydrogen) atoms. The molecule has 122 valence electrons. The number of carbonyl (C=O) groups excluding carboxylic acids is 1. The van der Waals surface area contributed by atoms with Crippen LogP contribution in [0.2, 0.25) is 0 Å².